The highest BCUT2D eigenvalue weighted by Gasteiger charge is 2.13. The van der Waals surface area contributed by atoms with Gasteiger partial charge >= 0.3 is 0 Å². The highest BCUT2D eigenvalue weighted by Crippen LogP contribution is 2.30. The van der Waals surface area contributed by atoms with Gasteiger partial charge in [0, 0.05) is 36.5 Å². The van der Waals surface area contributed by atoms with Crippen LogP contribution in [0.3, 0.4) is 0 Å². The minimum atomic E-state index is 0.548. The molecule has 2 heterocycles. The Labute approximate surface area is 111 Å². The molecule has 0 atom stereocenters. The SMILES string of the molecule is CNCc1sc(-c2cnccc2C)nc1COC. The second-order valence-electron chi connectivity index (χ2n) is 4.04. The first-order chi connectivity index (χ1) is 8.76. The van der Waals surface area contributed by atoms with Crippen LogP contribution in [-0.4, -0.2) is 24.1 Å². The van der Waals surface area contributed by atoms with Crippen LogP contribution in [0.1, 0.15) is 16.1 Å². The Hall–Kier alpha value is -1.30. The Bertz CT molecular complexity index is 501. The highest BCUT2D eigenvalue weighted by molar-refractivity contribution is 7.15. The van der Waals surface area contributed by atoms with Gasteiger partial charge in [0.25, 0.3) is 0 Å². The van der Waals surface area contributed by atoms with Crippen LogP contribution >= 0.6 is 11.3 Å². The van der Waals surface area contributed by atoms with Crippen molar-refractivity contribution < 1.29 is 4.74 Å². The predicted octanol–water partition coefficient (Wildman–Crippen LogP) is 2.38. The van der Waals surface area contributed by atoms with E-state index in [4.69, 9.17) is 4.74 Å². The molecule has 0 fully saturated rings. The van der Waals surface area contributed by atoms with Crippen molar-refractivity contribution in [2.75, 3.05) is 14.2 Å². The van der Waals surface area contributed by atoms with Crippen LogP contribution in [-0.2, 0) is 17.9 Å². The van der Waals surface area contributed by atoms with Gasteiger partial charge in [-0.2, -0.15) is 0 Å². The fourth-order valence-electron chi connectivity index (χ4n) is 1.73. The number of ether oxygens (including phenoxy) is 1. The Morgan fingerprint density at radius 1 is 1.44 bits per heavy atom. The summed E-state index contributed by atoms with van der Waals surface area (Å²) in [5.74, 6) is 0. The Kier molecular flexibility index (Phi) is 4.41. The molecule has 0 bridgehead atoms. The Morgan fingerprint density at radius 2 is 2.28 bits per heavy atom. The fraction of sp³-hybridized carbons (Fsp3) is 0.385. The van der Waals surface area contributed by atoms with Crippen LogP contribution in [0.4, 0.5) is 0 Å². The van der Waals surface area contributed by atoms with E-state index in [1.165, 1.54) is 10.4 Å². The minimum Gasteiger partial charge on any atom is -0.378 e. The molecule has 96 valence electrons. The molecule has 0 unspecified atom stereocenters. The third-order valence-electron chi connectivity index (χ3n) is 2.67. The van der Waals surface area contributed by atoms with Gasteiger partial charge in [0.1, 0.15) is 5.01 Å². The van der Waals surface area contributed by atoms with Crippen molar-refractivity contribution in [1.29, 1.82) is 0 Å². The number of thiazole rings is 1. The van der Waals surface area contributed by atoms with Gasteiger partial charge in [0.05, 0.1) is 12.3 Å². The quantitative estimate of drug-likeness (QED) is 0.899. The molecule has 0 amide bonds. The molecule has 1 N–H and O–H groups in total. The predicted molar refractivity (Wildman–Crippen MR) is 73.6 cm³/mol. The summed E-state index contributed by atoms with van der Waals surface area (Å²) in [5.41, 5.74) is 3.30. The molecule has 0 aliphatic heterocycles. The van der Waals surface area contributed by atoms with Crippen molar-refractivity contribution in [2.45, 2.75) is 20.1 Å². The van der Waals surface area contributed by atoms with Gasteiger partial charge < -0.3 is 10.1 Å². The van der Waals surface area contributed by atoms with Gasteiger partial charge in [-0.25, -0.2) is 4.98 Å². The average molecular weight is 263 g/mol. The molecule has 2 aromatic heterocycles. The van der Waals surface area contributed by atoms with Gasteiger partial charge in [0.15, 0.2) is 0 Å². The third-order valence-corrected chi connectivity index (χ3v) is 3.80. The first-order valence-electron chi connectivity index (χ1n) is 5.79. The molecule has 0 aliphatic carbocycles. The summed E-state index contributed by atoms with van der Waals surface area (Å²) in [7, 11) is 3.63. The Morgan fingerprint density at radius 3 is 2.94 bits per heavy atom. The Balaban J connectivity index is 2.40. The molecule has 0 spiro atoms. The molecule has 18 heavy (non-hydrogen) atoms. The third kappa shape index (κ3) is 2.75. The second kappa shape index (κ2) is 6.04. The molecular weight excluding hydrogens is 246 g/mol. The summed E-state index contributed by atoms with van der Waals surface area (Å²) in [5, 5.41) is 4.17. The summed E-state index contributed by atoms with van der Waals surface area (Å²) in [6, 6.07) is 2.00. The molecule has 0 saturated heterocycles. The van der Waals surface area contributed by atoms with Crippen molar-refractivity contribution in [2.24, 2.45) is 0 Å². The highest BCUT2D eigenvalue weighted by atomic mass is 32.1. The number of aryl methyl sites for hydroxylation is 1. The summed E-state index contributed by atoms with van der Waals surface area (Å²) in [6.07, 6.45) is 3.67. The summed E-state index contributed by atoms with van der Waals surface area (Å²) >= 11 is 1.70. The van der Waals surface area contributed by atoms with Crippen LogP contribution in [0.15, 0.2) is 18.5 Å². The first kappa shape index (κ1) is 13.1. The molecule has 0 radical (unpaired) electrons. The maximum Gasteiger partial charge on any atom is 0.125 e. The van der Waals surface area contributed by atoms with Crippen LogP contribution in [0.5, 0.6) is 0 Å². The number of methoxy groups -OCH3 is 1. The first-order valence-corrected chi connectivity index (χ1v) is 6.61. The lowest BCUT2D eigenvalue weighted by molar-refractivity contribution is 0.181. The van der Waals surface area contributed by atoms with E-state index in [0.29, 0.717) is 6.61 Å². The van der Waals surface area contributed by atoms with E-state index in [1.807, 2.05) is 19.3 Å². The zero-order chi connectivity index (χ0) is 13.0. The van der Waals surface area contributed by atoms with E-state index in [1.54, 1.807) is 24.6 Å². The molecule has 4 nitrogen and oxygen atoms in total. The largest absolute Gasteiger partial charge is 0.378 e. The number of hydrogen-bond donors (Lipinski definition) is 1. The van der Waals surface area contributed by atoms with Crippen molar-refractivity contribution in [3.05, 3.63) is 34.6 Å². The monoisotopic (exact) mass is 263 g/mol. The number of hydrogen-bond acceptors (Lipinski definition) is 5. The molecule has 0 aromatic carbocycles. The van der Waals surface area contributed by atoms with Crippen LogP contribution in [0.2, 0.25) is 0 Å². The van der Waals surface area contributed by atoms with E-state index in [2.05, 4.69) is 22.2 Å². The van der Waals surface area contributed by atoms with Gasteiger partial charge in [0.2, 0.25) is 0 Å². The van der Waals surface area contributed by atoms with E-state index in [0.717, 1.165) is 22.8 Å². The van der Waals surface area contributed by atoms with Gasteiger partial charge in [-0.05, 0) is 25.6 Å². The smallest absolute Gasteiger partial charge is 0.125 e. The zero-order valence-electron chi connectivity index (χ0n) is 10.9. The lowest BCUT2D eigenvalue weighted by Gasteiger charge is -1.99. The standard InChI is InChI=1S/C13H17N3OS/c1-9-4-5-15-6-10(9)13-16-11(8-17-3)12(18-13)7-14-2/h4-6,14H,7-8H2,1-3H3. The summed E-state index contributed by atoms with van der Waals surface area (Å²) in [4.78, 5) is 10.1. The van der Waals surface area contributed by atoms with Gasteiger partial charge in [-0.3, -0.25) is 4.98 Å². The number of nitrogens with zero attached hydrogens (tertiary/aromatic N) is 2. The summed E-state index contributed by atoms with van der Waals surface area (Å²) < 4.78 is 5.20. The number of pyridine rings is 1. The lowest BCUT2D eigenvalue weighted by atomic mass is 10.2. The van der Waals surface area contributed by atoms with E-state index in [-0.39, 0.29) is 0 Å². The second-order valence-corrected chi connectivity index (χ2v) is 5.13. The van der Waals surface area contributed by atoms with E-state index < -0.39 is 0 Å². The molecule has 5 heteroatoms. The molecular formula is C13H17N3OS. The minimum absolute atomic E-state index is 0.548. The van der Waals surface area contributed by atoms with Crippen LogP contribution in [0, 0.1) is 6.92 Å². The number of nitrogens with one attached hydrogen (secondary N) is 1. The summed E-state index contributed by atoms with van der Waals surface area (Å²) in [6.45, 7) is 3.44. The molecule has 0 saturated carbocycles. The van der Waals surface area contributed by atoms with E-state index in [9.17, 15) is 0 Å². The average Bonchev–Trinajstić information content (AvgIpc) is 2.74. The van der Waals surface area contributed by atoms with Gasteiger partial charge in [-0.1, -0.05) is 0 Å². The maximum atomic E-state index is 5.20. The number of aromatic nitrogens is 2. The molecule has 2 rings (SSSR count). The zero-order valence-corrected chi connectivity index (χ0v) is 11.7. The number of rotatable bonds is 5. The van der Waals surface area contributed by atoms with Gasteiger partial charge in [-0.15, -0.1) is 11.3 Å². The van der Waals surface area contributed by atoms with Crippen molar-refractivity contribution in [3.8, 4) is 10.6 Å². The van der Waals surface area contributed by atoms with Crippen molar-refractivity contribution >= 4 is 11.3 Å². The van der Waals surface area contributed by atoms with Crippen molar-refractivity contribution in [1.82, 2.24) is 15.3 Å². The van der Waals surface area contributed by atoms with Crippen molar-refractivity contribution in [3.63, 3.8) is 0 Å². The van der Waals surface area contributed by atoms with E-state index >= 15 is 0 Å². The maximum absolute atomic E-state index is 5.20. The normalized spacial score (nSPS) is 10.8. The molecule has 0 aliphatic rings. The fourth-order valence-corrected chi connectivity index (χ4v) is 2.89. The lowest BCUT2D eigenvalue weighted by Crippen LogP contribution is -2.06. The molecule has 2 aromatic rings. The van der Waals surface area contributed by atoms with Crippen LogP contribution in [0.25, 0.3) is 10.6 Å². The van der Waals surface area contributed by atoms with Crippen LogP contribution < -0.4 is 5.32 Å². The topological polar surface area (TPSA) is 47.0 Å².